The van der Waals surface area contributed by atoms with Crippen molar-refractivity contribution in [3.05, 3.63) is 63.3 Å². The molecule has 2 saturated heterocycles. The zero-order chi connectivity index (χ0) is 96.5. The summed E-state index contributed by atoms with van der Waals surface area (Å²) in [5.41, 5.74) is 4.61. The van der Waals surface area contributed by atoms with Crippen LogP contribution in [0.3, 0.4) is 0 Å². The van der Waals surface area contributed by atoms with Crippen LogP contribution >= 0.6 is 0 Å². The molecule has 0 spiro atoms. The monoisotopic (exact) mass is 1910 g/mol. The Morgan fingerprint density at radius 3 is 1.89 bits per heavy atom. The summed E-state index contributed by atoms with van der Waals surface area (Å²) < 4.78 is 27.0. The number of aromatic nitrogens is 1. The Morgan fingerprint density at radius 1 is 0.697 bits per heavy atom. The number of carboxylic acids is 1. The van der Waals surface area contributed by atoms with Crippen LogP contribution in [0.1, 0.15) is 127 Å². The van der Waals surface area contributed by atoms with Crippen molar-refractivity contribution in [2.45, 2.75) is 184 Å². The van der Waals surface area contributed by atoms with Crippen molar-refractivity contribution >= 4 is 142 Å². The number of esters is 1. The Morgan fingerprint density at radius 2 is 1.28 bits per heavy atom. The molecule has 53 heteroatoms. The maximum Gasteiger partial charge on any atom is 0.412 e. The molecule has 25 N–H and O–H groups in total. The topological polar surface area (TPSA) is 752 Å². The molecule has 11 atom stereocenters. The van der Waals surface area contributed by atoms with Gasteiger partial charge in [-0.05, 0) is 96.8 Å². The van der Waals surface area contributed by atoms with Crippen molar-refractivity contribution in [1.29, 1.82) is 5.41 Å². The molecule has 4 aliphatic heterocycles. The molecule has 132 heavy (non-hydrogen) atoms. The molecule has 0 radical (unpaired) electrons. The molecule has 3 aromatic rings. The second kappa shape index (κ2) is 52.4. The number of aromatic carboxylic acids is 1. The number of amides is 15. The number of benzene rings is 2. The van der Waals surface area contributed by atoms with Gasteiger partial charge in [0.05, 0.1) is 49.6 Å². The van der Waals surface area contributed by atoms with E-state index in [0.29, 0.717) is 5.52 Å². The van der Waals surface area contributed by atoms with Crippen LogP contribution in [0.2, 0.25) is 0 Å². The van der Waals surface area contributed by atoms with Gasteiger partial charge in [0.2, 0.25) is 90.0 Å². The van der Waals surface area contributed by atoms with Crippen LogP contribution < -0.4 is 100 Å². The molecule has 0 saturated carbocycles. The number of rotatable bonds is 43. The fourth-order valence-corrected chi connectivity index (χ4v) is 14.2. The minimum atomic E-state index is -2.02. The quantitative estimate of drug-likeness (QED) is 0.00288. The summed E-state index contributed by atoms with van der Waals surface area (Å²) in [4.78, 5) is 246. The zero-order valence-electron chi connectivity index (χ0n) is 72.1. The Labute approximate surface area is 762 Å². The Kier molecular flexibility index (Phi) is 42.6. The van der Waals surface area contributed by atoms with Crippen molar-refractivity contribution in [2.24, 2.45) is 5.73 Å². The smallest absolute Gasteiger partial charge is 0.412 e. The van der Waals surface area contributed by atoms with Crippen molar-refractivity contribution < 1.29 is 164 Å². The average Bonchev–Trinajstić information content (AvgIpc) is 0.743. The summed E-state index contributed by atoms with van der Waals surface area (Å²) in [5, 5.41) is 135. The summed E-state index contributed by atoms with van der Waals surface area (Å²) in [6, 6.07) is -11.2. The first kappa shape index (κ1) is 107. The Hall–Kier alpha value is -13.5. The number of nitrogens with one attached hydrogen (secondary N) is 15. The Balaban J connectivity index is 0.0000268. The molecule has 1 aromatic heterocycles. The second-order valence-corrected chi connectivity index (χ2v) is 30.7. The van der Waals surface area contributed by atoms with Crippen LogP contribution in [0.4, 0.5) is 20.6 Å². The first-order chi connectivity index (χ1) is 62.3. The minimum absolute atomic E-state index is 0. The van der Waals surface area contributed by atoms with Gasteiger partial charge >= 0.3 is 18.0 Å². The van der Waals surface area contributed by atoms with Crippen molar-refractivity contribution in [2.75, 3.05) is 102 Å². The number of hydrogen-bond donors (Lipinski definition) is 24. The molecule has 7 rings (SSSR count). The van der Waals surface area contributed by atoms with Gasteiger partial charge in [0.1, 0.15) is 76.8 Å². The molecule has 726 valence electrons. The van der Waals surface area contributed by atoms with Crippen LogP contribution in [0.5, 0.6) is 11.5 Å². The van der Waals surface area contributed by atoms with Gasteiger partial charge in [-0.15, -0.1) is 0 Å². The van der Waals surface area contributed by atoms with Gasteiger partial charge < -0.3 is 134 Å². The van der Waals surface area contributed by atoms with E-state index in [9.17, 15) is 132 Å². The SMILES string of the molecule is CCn1cc(C(=O)O)c(=O)c2cc(F)c(N3CCN(C(=O)OCOC(=O)CCC(=O)NCCNC(=O)CCC(=O)NC4=Cc5cc([O-])c(O)cc5N5C4=[NH+]CC[C@H]5C(=O)N[C@H](CO)C(=O)N[C@@H](CCCNC(=N)N)C(=O)N[C@H](CO)C(=O)N[C@@H](CCCN(O)C=O)C(=O)N[C@H]4CCCCNC(=O)[C@@H]([C@@H](C)O)NC(=O)[C@@H]([C@@H](C)O)NC(=O)[C@H](CCCN(O)C=O)NC4=O)CC3)cc21.[Fe]. The molecular weight excluding hydrogens is 1800 g/mol. The van der Waals surface area contributed by atoms with Crippen molar-refractivity contribution in [3.8, 4) is 11.5 Å². The van der Waals surface area contributed by atoms with Crippen molar-refractivity contribution in [3.63, 3.8) is 0 Å². The number of aryl methyl sites for hydroxylation is 1. The number of nitrogens with zero attached hydrogens (tertiary/aromatic N) is 6. The number of pyridine rings is 1. The molecule has 2 fully saturated rings. The van der Waals surface area contributed by atoms with Gasteiger partial charge in [0.15, 0.2) is 12.0 Å². The van der Waals surface area contributed by atoms with Gasteiger partial charge in [-0.1, -0.05) is 11.8 Å². The number of anilines is 2. The van der Waals surface area contributed by atoms with E-state index in [4.69, 9.17) is 20.6 Å². The predicted molar refractivity (Wildman–Crippen MR) is 448 cm³/mol. The average molecular weight is 1910 g/mol. The first-order valence-corrected chi connectivity index (χ1v) is 41.9. The fraction of sp³-hybridized carbons (Fsp3) is 0.544. The molecular formula is C79H111FFeN22O29. The molecule has 0 bridgehead atoms. The maximum atomic E-state index is 15.4. The fourth-order valence-electron chi connectivity index (χ4n) is 14.2. The Bertz CT molecular complexity index is 4820. The summed E-state index contributed by atoms with van der Waals surface area (Å²) >= 11 is 0. The first-order valence-electron chi connectivity index (χ1n) is 41.9. The summed E-state index contributed by atoms with van der Waals surface area (Å²) in [6.45, 7) is 0.0981. The largest absolute Gasteiger partial charge is 0.870 e. The number of nitrogens with two attached hydrogens (primary N) is 1. The summed E-state index contributed by atoms with van der Waals surface area (Å²) in [5.74, 6) is -17.5. The molecule has 51 nitrogen and oxygen atoms in total. The van der Waals surface area contributed by atoms with E-state index in [1.165, 1.54) is 39.6 Å². The molecule has 0 aliphatic carbocycles. The number of aliphatic hydroxyl groups is 4. The van der Waals surface area contributed by atoms with Crippen molar-refractivity contribution in [1.82, 2.24) is 88.7 Å². The number of halogens is 1. The number of aliphatic hydroxyl groups excluding tert-OH is 4. The van der Waals surface area contributed by atoms with E-state index in [1.54, 1.807) is 11.8 Å². The van der Waals surface area contributed by atoms with Crippen LogP contribution in [0.25, 0.3) is 17.0 Å². The van der Waals surface area contributed by atoms with Gasteiger partial charge in [-0.25, -0.2) is 29.0 Å². The van der Waals surface area contributed by atoms with Crippen LogP contribution in [0.15, 0.2) is 41.0 Å². The van der Waals surface area contributed by atoms with Crippen LogP contribution in [-0.4, -0.2) is 333 Å². The molecule has 4 aliphatic rings. The third kappa shape index (κ3) is 31.4. The number of piperazine rings is 1. The summed E-state index contributed by atoms with van der Waals surface area (Å²) in [7, 11) is 0. The second-order valence-electron chi connectivity index (χ2n) is 30.7. The molecule has 5 heterocycles. The maximum absolute atomic E-state index is 15.4. The van der Waals surface area contributed by atoms with Crippen LogP contribution in [0, 0.1) is 11.2 Å². The van der Waals surface area contributed by atoms with E-state index in [-0.39, 0.29) is 204 Å². The standard InChI is InChI=1S/C79H111FN22O29.Fe/c1-4-97-35-45(77(125)126)66(115)44-32-46(80)57(33-56(44)97)98-26-28-99(29-27-98)79(127)131-40-130-63(114)17-16-61(112)84-23-22-83-60(111)14-15-62(113)88-51-30-43-31-58(109)59(110)34-55(43)102-54(18-21-85-67(51)102)74(122)94-53(37-104)73(121)91-48(11-7-20-87-78(81)82)70(118)93-52(36-103)72(120)92-49(12-8-24-100(128)38-105)69(117)89-47-10-5-6-19-86-75(123)64(41(2)107)96-76(124)65(42(3)108)95-71(119)50(90-68(47)116)13-9-25-101(129)39-106;/h30-35,38-39,41-42,47-50,52-54,64-65,103-104,107-110,128-129H,4-29,36-37,40H2,1-3H3,(H,83,111)(H,84,112)(H,86,123)(H,88,113)(H,89,117)(H,90,116)(H,91,121)(H,92,120)(H,93,118)(H,94,122)(H,95,119)(H,96,124)(H,125,126)(H4,81,82,87);/t41-,42-,47+,48+,49+,50+,52-,53-,54+,64-,65-;/m1./s1. The molecule has 15 amide bonds. The predicted octanol–water partition coefficient (Wildman–Crippen LogP) is -10.1. The number of phenolic OH excluding ortho intramolecular Hbond substituents is 1. The number of carboxylic acid groups (broad SMARTS) is 1. The molecule has 0 unspecified atom stereocenters. The van der Waals surface area contributed by atoms with Crippen LogP contribution in [-0.2, 0) is 105 Å². The zero-order valence-corrected chi connectivity index (χ0v) is 73.2. The number of fused-ring (bicyclic) bond motifs is 4. The van der Waals surface area contributed by atoms with Gasteiger partial charge in [-0.3, -0.25) is 97.5 Å². The number of ether oxygens (including phenoxy) is 2. The number of hydroxylamine groups is 4. The summed E-state index contributed by atoms with van der Waals surface area (Å²) in [6.07, 6.45) is -5.25. The van der Waals surface area contributed by atoms with E-state index >= 15 is 4.39 Å². The van der Waals surface area contributed by atoms with E-state index in [1.807, 2.05) is 0 Å². The van der Waals surface area contributed by atoms with E-state index in [0.717, 1.165) is 25.1 Å². The third-order valence-corrected chi connectivity index (χ3v) is 21.2. The third-order valence-electron chi connectivity index (χ3n) is 21.2. The minimum Gasteiger partial charge on any atom is -0.870 e. The van der Waals surface area contributed by atoms with E-state index in [2.05, 4.69) is 74.1 Å². The number of carbonyl (C=O) groups excluding carboxylic acids is 16. The number of phenols is 1. The number of aromatic hydroxyl groups is 1. The number of guanidine groups is 1. The molecule has 2 aromatic carbocycles. The number of amidine groups is 1. The number of hydrogen-bond acceptors (Lipinski definition) is 31. The van der Waals surface area contributed by atoms with Gasteiger partial charge in [0, 0.05) is 138 Å². The number of carbonyl (C=O) groups is 17. The van der Waals surface area contributed by atoms with E-state index < -0.39 is 249 Å². The van der Waals surface area contributed by atoms with Gasteiger partial charge in [0.25, 0.3) is 11.7 Å². The normalized spacial score (nSPS) is 18.3. The van der Waals surface area contributed by atoms with Gasteiger partial charge in [-0.2, -0.15) is 0 Å².